The molecule has 2 atom stereocenters. The second kappa shape index (κ2) is 6.35. The fourth-order valence-corrected chi connectivity index (χ4v) is 1.80. The van der Waals surface area contributed by atoms with Gasteiger partial charge < -0.3 is 9.52 Å². The standard InChI is InChI=1S/C13H18O4/c1-3-4-5-11(9(2)15)13(16)12-7-6-10(8-14)17-12/h6-8,11,13,16H,3-5H2,1-2H3. The van der Waals surface area contributed by atoms with Gasteiger partial charge in [-0.05, 0) is 25.5 Å². The van der Waals surface area contributed by atoms with Crippen LogP contribution in [0, 0.1) is 5.92 Å². The Balaban J connectivity index is 2.79. The third kappa shape index (κ3) is 3.53. The van der Waals surface area contributed by atoms with E-state index in [-0.39, 0.29) is 17.3 Å². The van der Waals surface area contributed by atoms with Crippen LogP contribution in [-0.2, 0) is 4.79 Å². The van der Waals surface area contributed by atoms with E-state index < -0.39 is 12.0 Å². The number of carbonyl (C=O) groups is 2. The molecule has 0 bridgehead atoms. The Hall–Kier alpha value is -1.42. The Kier molecular flexibility index (Phi) is 5.10. The van der Waals surface area contributed by atoms with Gasteiger partial charge in [-0.1, -0.05) is 19.8 Å². The molecule has 0 radical (unpaired) electrons. The lowest BCUT2D eigenvalue weighted by Crippen LogP contribution is -2.19. The smallest absolute Gasteiger partial charge is 0.185 e. The maximum Gasteiger partial charge on any atom is 0.185 e. The van der Waals surface area contributed by atoms with Gasteiger partial charge >= 0.3 is 0 Å². The Morgan fingerprint density at radius 3 is 2.71 bits per heavy atom. The molecule has 0 aliphatic carbocycles. The number of carbonyl (C=O) groups excluding carboxylic acids is 2. The molecule has 0 aromatic carbocycles. The van der Waals surface area contributed by atoms with E-state index in [1.807, 2.05) is 6.92 Å². The first kappa shape index (κ1) is 13.6. The molecule has 0 spiro atoms. The second-order valence-electron chi connectivity index (χ2n) is 4.16. The molecule has 2 unspecified atom stereocenters. The predicted octanol–water partition coefficient (Wildman–Crippen LogP) is 2.52. The van der Waals surface area contributed by atoms with E-state index in [0.717, 1.165) is 12.8 Å². The van der Waals surface area contributed by atoms with Crippen LogP contribution in [0.1, 0.15) is 55.5 Å². The van der Waals surface area contributed by atoms with Gasteiger partial charge in [-0.25, -0.2) is 0 Å². The summed E-state index contributed by atoms with van der Waals surface area (Å²) in [6.07, 6.45) is 2.08. The first-order chi connectivity index (χ1) is 8.10. The van der Waals surface area contributed by atoms with Gasteiger partial charge in [-0.3, -0.25) is 9.59 Å². The van der Waals surface area contributed by atoms with E-state index in [2.05, 4.69) is 0 Å². The van der Waals surface area contributed by atoms with Crippen molar-refractivity contribution >= 4 is 12.1 Å². The largest absolute Gasteiger partial charge is 0.455 e. The zero-order chi connectivity index (χ0) is 12.8. The summed E-state index contributed by atoms with van der Waals surface area (Å²) >= 11 is 0. The summed E-state index contributed by atoms with van der Waals surface area (Å²) in [5, 5.41) is 10.1. The fraction of sp³-hybridized carbons (Fsp3) is 0.538. The number of aldehydes is 1. The molecule has 0 saturated carbocycles. The topological polar surface area (TPSA) is 67.5 Å². The van der Waals surface area contributed by atoms with E-state index in [0.29, 0.717) is 12.7 Å². The van der Waals surface area contributed by atoms with E-state index >= 15 is 0 Å². The van der Waals surface area contributed by atoms with Crippen LogP contribution >= 0.6 is 0 Å². The molecule has 1 aromatic rings. The second-order valence-corrected chi connectivity index (χ2v) is 4.16. The van der Waals surface area contributed by atoms with E-state index in [1.165, 1.54) is 19.1 Å². The lowest BCUT2D eigenvalue weighted by molar-refractivity contribution is -0.125. The number of ketones is 1. The maximum absolute atomic E-state index is 11.5. The van der Waals surface area contributed by atoms with Crippen molar-refractivity contribution in [3.05, 3.63) is 23.7 Å². The van der Waals surface area contributed by atoms with Crippen LogP contribution < -0.4 is 0 Å². The number of hydrogen-bond donors (Lipinski definition) is 1. The lowest BCUT2D eigenvalue weighted by Gasteiger charge is -2.18. The lowest BCUT2D eigenvalue weighted by atomic mass is 9.91. The molecule has 94 valence electrons. The molecule has 0 aliphatic rings. The fourth-order valence-electron chi connectivity index (χ4n) is 1.80. The average Bonchev–Trinajstić information content (AvgIpc) is 2.77. The van der Waals surface area contributed by atoms with Crippen LogP contribution in [0.25, 0.3) is 0 Å². The molecule has 0 amide bonds. The molecular weight excluding hydrogens is 220 g/mol. The highest BCUT2D eigenvalue weighted by Gasteiger charge is 2.27. The molecule has 17 heavy (non-hydrogen) atoms. The maximum atomic E-state index is 11.5. The molecule has 0 aliphatic heterocycles. The van der Waals surface area contributed by atoms with Crippen molar-refractivity contribution in [2.45, 2.75) is 39.2 Å². The molecule has 4 nitrogen and oxygen atoms in total. The zero-order valence-corrected chi connectivity index (χ0v) is 10.2. The van der Waals surface area contributed by atoms with Crippen molar-refractivity contribution in [3.8, 4) is 0 Å². The van der Waals surface area contributed by atoms with E-state index in [4.69, 9.17) is 4.42 Å². The van der Waals surface area contributed by atoms with E-state index in [1.54, 1.807) is 0 Å². The van der Waals surface area contributed by atoms with Crippen molar-refractivity contribution in [2.75, 3.05) is 0 Å². The van der Waals surface area contributed by atoms with Gasteiger partial charge in [-0.15, -0.1) is 0 Å². The highest BCUT2D eigenvalue weighted by Crippen LogP contribution is 2.28. The van der Waals surface area contributed by atoms with Gasteiger partial charge in [0.25, 0.3) is 0 Å². The SMILES string of the molecule is CCCCC(C(C)=O)C(O)c1ccc(C=O)o1. The molecule has 1 rings (SSSR count). The van der Waals surface area contributed by atoms with Gasteiger partial charge in [0.1, 0.15) is 17.6 Å². The van der Waals surface area contributed by atoms with Crippen LogP contribution in [0.2, 0.25) is 0 Å². The Labute approximate surface area is 101 Å². The van der Waals surface area contributed by atoms with Crippen molar-refractivity contribution in [3.63, 3.8) is 0 Å². The third-order valence-corrected chi connectivity index (χ3v) is 2.83. The molecule has 1 heterocycles. The van der Waals surface area contributed by atoms with Crippen molar-refractivity contribution in [1.82, 2.24) is 0 Å². The molecular formula is C13H18O4. The number of furan rings is 1. The summed E-state index contributed by atoms with van der Waals surface area (Å²) < 4.78 is 5.14. The van der Waals surface area contributed by atoms with Gasteiger partial charge in [0.05, 0.1) is 5.92 Å². The van der Waals surface area contributed by atoms with Crippen LogP contribution in [-0.4, -0.2) is 17.2 Å². The van der Waals surface area contributed by atoms with Crippen molar-refractivity contribution < 1.29 is 19.1 Å². The summed E-state index contributed by atoms with van der Waals surface area (Å²) in [7, 11) is 0. The predicted molar refractivity (Wildman–Crippen MR) is 62.8 cm³/mol. The number of Topliss-reactive ketones (excluding diaryl/α,β-unsaturated/α-hetero) is 1. The molecule has 0 saturated heterocycles. The Bertz CT molecular complexity index is 381. The quantitative estimate of drug-likeness (QED) is 0.741. The Morgan fingerprint density at radius 1 is 1.53 bits per heavy atom. The molecule has 1 aromatic heterocycles. The minimum Gasteiger partial charge on any atom is -0.455 e. The normalized spacial score (nSPS) is 14.3. The van der Waals surface area contributed by atoms with Gasteiger partial charge in [-0.2, -0.15) is 0 Å². The van der Waals surface area contributed by atoms with Crippen LogP contribution in [0.15, 0.2) is 16.5 Å². The summed E-state index contributed by atoms with van der Waals surface area (Å²) in [4.78, 5) is 21.9. The van der Waals surface area contributed by atoms with Gasteiger partial charge in [0, 0.05) is 0 Å². The minimum absolute atomic E-state index is 0.0602. The Morgan fingerprint density at radius 2 is 2.24 bits per heavy atom. The highest BCUT2D eigenvalue weighted by molar-refractivity contribution is 5.79. The number of unbranched alkanes of at least 4 members (excludes halogenated alkanes) is 1. The van der Waals surface area contributed by atoms with Crippen LogP contribution in [0.3, 0.4) is 0 Å². The minimum atomic E-state index is -0.965. The summed E-state index contributed by atoms with van der Waals surface area (Å²) in [6, 6.07) is 3.03. The number of hydrogen-bond acceptors (Lipinski definition) is 4. The monoisotopic (exact) mass is 238 g/mol. The summed E-state index contributed by atoms with van der Waals surface area (Å²) in [5.74, 6) is -0.0733. The summed E-state index contributed by atoms with van der Waals surface area (Å²) in [6.45, 7) is 3.49. The first-order valence-electron chi connectivity index (χ1n) is 5.83. The van der Waals surface area contributed by atoms with Crippen molar-refractivity contribution in [2.24, 2.45) is 5.92 Å². The molecule has 1 N–H and O–H groups in total. The highest BCUT2D eigenvalue weighted by atomic mass is 16.4. The number of rotatable bonds is 7. The van der Waals surface area contributed by atoms with Crippen LogP contribution in [0.5, 0.6) is 0 Å². The zero-order valence-electron chi connectivity index (χ0n) is 10.2. The average molecular weight is 238 g/mol. The van der Waals surface area contributed by atoms with Crippen molar-refractivity contribution in [1.29, 1.82) is 0 Å². The number of aliphatic hydroxyl groups is 1. The number of aliphatic hydroxyl groups excluding tert-OH is 1. The summed E-state index contributed by atoms with van der Waals surface area (Å²) in [5.41, 5.74) is 0. The van der Waals surface area contributed by atoms with Gasteiger partial charge in [0.15, 0.2) is 12.0 Å². The van der Waals surface area contributed by atoms with Gasteiger partial charge in [0.2, 0.25) is 0 Å². The van der Waals surface area contributed by atoms with Crippen LogP contribution in [0.4, 0.5) is 0 Å². The molecule has 4 heteroatoms. The van der Waals surface area contributed by atoms with E-state index in [9.17, 15) is 14.7 Å². The first-order valence-corrected chi connectivity index (χ1v) is 5.83. The third-order valence-electron chi connectivity index (χ3n) is 2.83. The molecule has 0 fully saturated rings.